The van der Waals surface area contributed by atoms with Gasteiger partial charge in [-0.25, -0.2) is 0 Å². The molecule has 0 aliphatic carbocycles. The van der Waals surface area contributed by atoms with Crippen molar-refractivity contribution in [2.75, 3.05) is 11.9 Å². The standard InChI is InChI=1S/C14H12BrCl2NO/c15-10-4-1-3-9(7-10)13(19)8-18-12-6-2-5-11(16)14(12)17/h1-7,13,18-19H,8H2. The molecule has 0 radical (unpaired) electrons. The average Bonchev–Trinajstić information content (AvgIpc) is 2.40. The lowest BCUT2D eigenvalue weighted by molar-refractivity contribution is 0.191. The monoisotopic (exact) mass is 359 g/mol. The second-order valence-corrected chi connectivity index (χ2v) is 5.75. The molecule has 0 aliphatic heterocycles. The molecule has 0 amide bonds. The topological polar surface area (TPSA) is 32.3 Å². The summed E-state index contributed by atoms with van der Waals surface area (Å²) in [6.45, 7) is 0.358. The van der Waals surface area contributed by atoms with Gasteiger partial charge in [-0.2, -0.15) is 0 Å². The number of aliphatic hydroxyl groups excluding tert-OH is 1. The van der Waals surface area contributed by atoms with E-state index in [1.54, 1.807) is 6.07 Å². The maximum absolute atomic E-state index is 10.1. The number of hydrogen-bond donors (Lipinski definition) is 2. The van der Waals surface area contributed by atoms with Crippen LogP contribution >= 0.6 is 39.1 Å². The molecule has 19 heavy (non-hydrogen) atoms. The second-order valence-electron chi connectivity index (χ2n) is 4.05. The van der Waals surface area contributed by atoms with Crippen LogP contribution in [0.1, 0.15) is 11.7 Å². The predicted molar refractivity (Wildman–Crippen MR) is 84.1 cm³/mol. The van der Waals surface area contributed by atoms with Crippen LogP contribution in [0.25, 0.3) is 0 Å². The Morgan fingerprint density at radius 3 is 2.63 bits per heavy atom. The van der Waals surface area contributed by atoms with Crippen molar-refractivity contribution in [2.45, 2.75) is 6.10 Å². The number of rotatable bonds is 4. The number of nitrogens with one attached hydrogen (secondary N) is 1. The Labute approximate surface area is 130 Å². The highest BCUT2D eigenvalue weighted by molar-refractivity contribution is 9.10. The zero-order valence-corrected chi connectivity index (χ0v) is 13.0. The Bertz CT molecular complexity index is 577. The van der Waals surface area contributed by atoms with Gasteiger partial charge in [-0.1, -0.05) is 57.3 Å². The zero-order chi connectivity index (χ0) is 13.8. The molecular formula is C14H12BrCl2NO. The van der Waals surface area contributed by atoms with Gasteiger partial charge in [0, 0.05) is 11.0 Å². The summed E-state index contributed by atoms with van der Waals surface area (Å²) in [6.07, 6.45) is -0.618. The van der Waals surface area contributed by atoms with Crippen molar-refractivity contribution in [3.63, 3.8) is 0 Å². The number of anilines is 1. The van der Waals surface area contributed by atoms with Crippen LogP contribution in [-0.2, 0) is 0 Å². The highest BCUT2D eigenvalue weighted by Gasteiger charge is 2.09. The van der Waals surface area contributed by atoms with E-state index >= 15 is 0 Å². The first-order valence-electron chi connectivity index (χ1n) is 5.69. The number of aliphatic hydroxyl groups is 1. The first kappa shape index (κ1) is 14.7. The van der Waals surface area contributed by atoms with Crippen molar-refractivity contribution in [3.8, 4) is 0 Å². The van der Waals surface area contributed by atoms with Gasteiger partial charge in [-0.3, -0.25) is 0 Å². The molecule has 2 N–H and O–H groups in total. The van der Waals surface area contributed by atoms with E-state index < -0.39 is 6.10 Å². The minimum atomic E-state index is -0.618. The molecule has 0 fully saturated rings. The van der Waals surface area contributed by atoms with Crippen molar-refractivity contribution in [2.24, 2.45) is 0 Å². The van der Waals surface area contributed by atoms with Crippen LogP contribution in [-0.4, -0.2) is 11.7 Å². The number of halogens is 3. The molecule has 0 spiro atoms. The van der Waals surface area contributed by atoms with Crippen LogP contribution < -0.4 is 5.32 Å². The van der Waals surface area contributed by atoms with Crippen molar-refractivity contribution in [3.05, 3.63) is 62.5 Å². The Morgan fingerprint density at radius 1 is 1.16 bits per heavy atom. The van der Waals surface area contributed by atoms with Crippen LogP contribution in [0.3, 0.4) is 0 Å². The Kier molecular flexibility index (Phi) is 5.11. The maximum Gasteiger partial charge on any atom is 0.0962 e. The summed E-state index contributed by atoms with van der Waals surface area (Å²) in [5.74, 6) is 0. The van der Waals surface area contributed by atoms with Gasteiger partial charge in [0.05, 0.1) is 21.8 Å². The van der Waals surface area contributed by atoms with Gasteiger partial charge < -0.3 is 10.4 Å². The molecule has 0 aliphatic rings. The molecule has 2 rings (SSSR count). The summed E-state index contributed by atoms with van der Waals surface area (Å²) >= 11 is 15.4. The molecule has 0 saturated carbocycles. The summed E-state index contributed by atoms with van der Waals surface area (Å²) in [4.78, 5) is 0. The van der Waals surface area contributed by atoms with E-state index in [1.807, 2.05) is 36.4 Å². The molecule has 2 nitrogen and oxygen atoms in total. The van der Waals surface area contributed by atoms with E-state index in [2.05, 4.69) is 21.2 Å². The lowest BCUT2D eigenvalue weighted by atomic mass is 10.1. The van der Waals surface area contributed by atoms with Gasteiger partial charge in [0.15, 0.2) is 0 Å². The third-order valence-corrected chi connectivity index (χ3v) is 3.98. The van der Waals surface area contributed by atoms with E-state index in [1.165, 1.54) is 0 Å². The van der Waals surface area contributed by atoms with Gasteiger partial charge in [0.25, 0.3) is 0 Å². The Balaban J connectivity index is 2.04. The normalized spacial score (nSPS) is 12.2. The SMILES string of the molecule is OC(CNc1cccc(Cl)c1Cl)c1cccc(Br)c1. The van der Waals surface area contributed by atoms with Gasteiger partial charge in [0.1, 0.15) is 0 Å². The van der Waals surface area contributed by atoms with Crippen molar-refractivity contribution in [1.82, 2.24) is 0 Å². The van der Waals surface area contributed by atoms with Crippen LogP contribution in [0.2, 0.25) is 10.0 Å². The van der Waals surface area contributed by atoms with Crippen LogP contribution in [0.15, 0.2) is 46.9 Å². The third-order valence-electron chi connectivity index (χ3n) is 2.67. The summed E-state index contributed by atoms with van der Waals surface area (Å²) in [5, 5.41) is 14.1. The fourth-order valence-corrected chi connectivity index (χ4v) is 2.46. The summed E-state index contributed by atoms with van der Waals surface area (Å²) < 4.78 is 0.935. The minimum absolute atomic E-state index is 0.358. The lowest BCUT2D eigenvalue weighted by Gasteiger charge is -2.14. The van der Waals surface area contributed by atoms with E-state index in [9.17, 15) is 5.11 Å². The molecule has 2 aromatic carbocycles. The van der Waals surface area contributed by atoms with Gasteiger partial charge in [-0.05, 0) is 29.8 Å². The number of benzene rings is 2. The average molecular weight is 361 g/mol. The van der Waals surface area contributed by atoms with E-state index in [0.29, 0.717) is 22.3 Å². The summed E-state index contributed by atoms with van der Waals surface area (Å²) in [5.41, 5.74) is 1.54. The first-order chi connectivity index (χ1) is 9.08. The van der Waals surface area contributed by atoms with Crippen molar-refractivity contribution < 1.29 is 5.11 Å². The Hall–Kier alpha value is -0.740. The number of hydrogen-bond acceptors (Lipinski definition) is 2. The van der Waals surface area contributed by atoms with Crippen LogP contribution in [0.5, 0.6) is 0 Å². The summed E-state index contributed by atoms with van der Waals surface area (Å²) in [7, 11) is 0. The zero-order valence-electron chi connectivity index (χ0n) is 9.91. The first-order valence-corrected chi connectivity index (χ1v) is 7.24. The summed E-state index contributed by atoms with van der Waals surface area (Å²) in [6, 6.07) is 12.9. The van der Waals surface area contributed by atoms with E-state index in [-0.39, 0.29) is 0 Å². The van der Waals surface area contributed by atoms with Gasteiger partial charge >= 0.3 is 0 Å². The fourth-order valence-electron chi connectivity index (χ4n) is 1.68. The van der Waals surface area contributed by atoms with Crippen molar-refractivity contribution in [1.29, 1.82) is 0 Å². The molecule has 0 saturated heterocycles. The second kappa shape index (κ2) is 6.62. The van der Waals surface area contributed by atoms with E-state index in [0.717, 1.165) is 10.0 Å². The highest BCUT2D eigenvalue weighted by Crippen LogP contribution is 2.30. The molecule has 0 bridgehead atoms. The van der Waals surface area contributed by atoms with E-state index in [4.69, 9.17) is 23.2 Å². The van der Waals surface area contributed by atoms with Crippen LogP contribution in [0, 0.1) is 0 Å². The quantitative estimate of drug-likeness (QED) is 0.812. The predicted octanol–water partition coefficient (Wildman–Crippen LogP) is 4.90. The molecule has 0 heterocycles. The van der Waals surface area contributed by atoms with Gasteiger partial charge in [0.2, 0.25) is 0 Å². The maximum atomic E-state index is 10.1. The molecule has 2 aromatic rings. The molecule has 1 atom stereocenters. The van der Waals surface area contributed by atoms with Crippen molar-refractivity contribution >= 4 is 44.8 Å². The van der Waals surface area contributed by atoms with Gasteiger partial charge in [-0.15, -0.1) is 0 Å². The smallest absolute Gasteiger partial charge is 0.0962 e. The molecule has 0 aromatic heterocycles. The highest BCUT2D eigenvalue weighted by atomic mass is 79.9. The molecule has 1 unspecified atom stereocenters. The largest absolute Gasteiger partial charge is 0.387 e. The lowest BCUT2D eigenvalue weighted by Crippen LogP contribution is -2.12. The minimum Gasteiger partial charge on any atom is -0.387 e. The molecule has 100 valence electrons. The fraction of sp³-hybridized carbons (Fsp3) is 0.143. The molecule has 5 heteroatoms. The third kappa shape index (κ3) is 3.86. The Morgan fingerprint density at radius 2 is 1.89 bits per heavy atom. The van der Waals surface area contributed by atoms with Crippen LogP contribution in [0.4, 0.5) is 5.69 Å². The molecular weight excluding hydrogens is 349 g/mol.